The fraction of sp³-hybridized carbons (Fsp3) is 0.200. The van der Waals surface area contributed by atoms with Gasteiger partial charge in [0.15, 0.2) is 0 Å². The molecule has 0 spiro atoms. The van der Waals surface area contributed by atoms with Crippen molar-refractivity contribution in [3.8, 4) is 11.5 Å². The summed E-state index contributed by atoms with van der Waals surface area (Å²) >= 11 is 0. The molecule has 0 aliphatic rings. The van der Waals surface area contributed by atoms with Gasteiger partial charge in [0.05, 0.1) is 6.54 Å². The zero-order valence-corrected chi connectivity index (χ0v) is 17.8. The summed E-state index contributed by atoms with van der Waals surface area (Å²) in [6, 6.07) is 22.3. The van der Waals surface area contributed by atoms with Gasteiger partial charge >= 0.3 is 0 Å². The number of hydrogen-bond donors (Lipinski definition) is 3. The molecular weight excluding hydrogens is 390 g/mol. The third kappa shape index (κ3) is 6.60. The van der Waals surface area contributed by atoms with Gasteiger partial charge in [0.1, 0.15) is 11.5 Å². The number of ether oxygens (including phenoxy) is 1. The van der Waals surface area contributed by atoms with Crippen molar-refractivity contribution in [2.24, 2.45) is 0 Å². The van der Waals surface area contributed by atoms with Gasteiger partial charge < -0.3 is 20.7 Å². The van der Waals surface area contributed by atoms with Crippen LogP contribution in [0.1, 0.15) is 25.3 Å². The molecular formula is C25H27N3O3. The summed E-state index contributed by atoms with van der Waals surface area (Å²) in [5, 5.41) is 8.92. The Morgan fingerprint density at radius 1 is 0.806 bits per heavy atom. The highest BCUT2D eigenvalue weighted by Crippen LogP contribution is 2.25. The number of carbonyl (C=O) groups is 2. The van der Waals surface area contributed by atoms with Crippen molar-refractivity contribution in [2.45, 2.75) is 26.7 Å². The second-order valence-electron chi connectivity index (χ2n) is 7.12. The van der Waals surface area contributed by atoms with Gasteiger partial charge in [0.25, 0.3) is 0 Å². The van der Waals surface area contributed by atoms with Crippen LogP contribution < -0.4 is 20.7 Å². The van der Waals surface area contributed by atoms with Crippen LogP contribution in [0.15, 0.2) is 72.8 Å². The number of hydrogen-bond acceptors (Lipinski definition) is 4. The van der Waals surface area contributed by atoms with Crippen molar-refractivity contribution >= 4 is 28.9 Å². The van der Waals surface area contributed by atoms with Crippen molar-refractivity contribution in [3.63, 3.8) is 0 Å². The highest BCUT2D eigenvalue weighted by atomic mass is 16.5. The van der Waals surface area contributed by atoms with Crippen LogP contribution in [0.2, 0.25) is 0 Å². The Hall–Kier alpha value is -3.80. The Kier molecular flexibility index (Phi) is 7.65. The maximum Gasteiger partial charge on any atom is 0.243 e. The van der Waals surface area contributed by atoms with Crippen LogP contribution in [-0.2, 0) is 9.59 Å². The number of carbonyl (C=O) groups excluding carboxylic acids is 2. The molecule has 0 saturated heterocycles. The molecule has 0 saturated carbocycles. The average Bonchev–Trinajstić information content (AvgIpc) is 2.75. The largest absolute Gasteiger partial charge is 0.457 e. The second kappa shape index (κ2) is 10.8. The van der Waals surface area contributed by atoms with Gasteiger partial charge in [-0.05, 0) is 55.3 Å². The van der Waals surface area contributed by atoms with Crippen LogP contribution in [0.5, 0.6) is 11.5 Å². The number of amides is 2. The molecule has 160 valence electrons. The van der Waals surface area contributed by atoms with Gasteiger partial charge in [0.2, 0.25) is 11.8 Å². The lowest BCUT2D eigenvalue weighted by Gasteiger charge is -2.14. The first-order valence-electron chi connectivity index (χ1n) is 10.3. The van der Waals surface area contributed by atoms with E-state index in [1.54, 1.807) is 6.07 Å². The summed E-state index contributed by atoms with van der Waals surface area (Å²) < 4.78 is 5.81. The van der Waals surface area contributed by atoms with Gasteiger partial charge in [-0.2, -0.15) is 0 Å². The van der Waals surface area contributed by atoms with E-state index in [0.29, 0.717) is 17.9 Å². The molecule has 6 nitrogen and oxygen atoms in total. The van der Waals surface area contributed by atoms with Crippen LogP contribution >= 0.6 is 0 Å². The van der Waals surface area contributed by atoms with E-state index in [2.05, 4.69) is 16.0 Å². The first-order chi connectivity index (χ1) is 15.0. The minimum absolute atomic E-state index is 0.0157. The summed E-state index contributed by atoms with van der Waals surface area (Å²) in [7, 11) is 0. The minimum Gasteiger partial charge on any atom is -0.457 e. The van der Waals surface area contributed by atoms with Gasteiger partial charge in [0, 0.05) is 29.5 Å². The monoisotopic (exact) mass is 417 g/mol. The van der Waals surface area contributed by atoms with Crippen LogP contribution in [0.4, 0.5) is 17.1 Å². The summed E-state index contributed by atoms with van der Waals surface area (Å²) in [5.41, 5.74) is 3.08. The molecule has 3 aromatic rings. The summed E-state index contributed by atoms with van der Waals surface area (Å²) in [6.45, 7) is 3.97. The first kappa shape index (κ1) is 21.9. The molecule has 3 aromatic carbocycles. The van der Waals surface area contributed by atoms with Gasteiger partial charge in [-0.25, -0.2) is 0 Å². The molecule has 3 N–H and O–H groups in total. The standard InChI is InChI=1S/C25H27N3O3/c1-3-9-24(29)28-23-15-8-14-22(18(23)2)26-17-25(30)27-19-10-7-13-21(16-19)31-20-11-5-4-6-12-20/h4-8,10-16,26H,3,9,17H2,1-2H3,(H,27,30)(H,28,29). The predicted molar refractivity (Wildman–Crippen MR) is 125 cm³/mol. The van der Waals surface area contributed by atoms with Crippen molar-refractivity contribution in [3.05, 3.63) is 78.4 Å². The van der Waals surface area contributed by atoms with E-state index in [1.807, 2.05) is 80.6 Å². The van der Waals surface area contributed by atoms with E-state index in [4.69, 9.17) is 4.74 Å². The maximum atomic E-state index is 12.4. The normalized spacial score (nSPS) is 10.3. The number of benzene rings is 3. The third-order valence-corrected chi connectivity index (χ3v) is 4.62. The Labute approximate surface area is 182 Å². The molecule has 0 aromatic heterocycles. The highest BCUT2D eigenvalue weighted by Gasteiger charge is 2.09. The Bertz CT molecular complexity index is 1040. The molecule has 0 aliphatic carbocycles. The fourth-order valence-electron chi connectivity index (χ4n) is 3.04. The lowest BCUT2D eigenvalue weighted by molar-refractivity contribution is -0.116. The zero-order valence-electron chi connectivity index (χ0n) is 17.8. The van der Waals surface area contributed by atoms with Crippen LogP contribution in [0.3, 0.4) is 0 Å². The van der Waals surface area contributed by atoms with E-state index < -0.39 is 0 Å². The lowest BCUT2D eigenvalue weighted by atomic mass is 10.1. The van der Waals surface area contributed by atoms with E-state index in [-0.39, 0.29) is 18.4 Å². The van der Waals surface area contributed by atoms with Crippen LogP contribution in [0.25, 0.3) is 0 Å². The van der Waals surface area contributed by atoms with E-state index in [1.165, 1.54) is 0 Å². The summed E-state index contributed by atoms with van der Waals surface area (Å²) in [6.07, 6.45) is 1.27. The van der Waals surface area contributed by atoms with E-state index in [9.17, 15) is 9.59 Å². The van der Waals surface area contributed by atoms with Crippen LogP contribution in [-0.4, -0.2) is 18.4 Å². The molecule has 31 heavy (non-hydrogen) atoms. The number of para-hydroxylation sites is 1. The molecule has 2 amide bonds. The molecule has 6 heteroatoms. The summed E-state index contributed by atoms with van der Waals surface area (Å²) in [5.74, 6) is 1.17. The van der Waals surface area contributed by atoms with Gasteiger partial charge in [-0.15, -0.1) is 0 Å². The number of rotatable bonds is 9. The fourth-order valence-corrected chi connectivity index (χ4v) is 3.04. The van der Waals surface area contributed by atoms with Gasteiger partial charge in [-0.1, -0.05) is 37.3 Å². The molecule has 3 rings (SSSR count). The molecule has 0 atom stereocenters. The Balaban J connectivity index is 1.57. The maximum absolute atomic E-state index is 12.4. The van der Waals surface area contributed by atoms with E-state index >= 15 is 0 Å². The third-order valence-electron chi connectivity index (χ3n) is 4.62. The number of anilines is 3. The zero-order chi connectivity index (χ0) is 22.1. The first-order valence-corrected chi connectivity index (χ1v) is 10.3. The van der Waals surface area contributed by atoms with Crippen molar-refractivity contribution < 1.29 is 14.3 Å². The Morgan fingerprint density at radius 2 is 1.52 bits per heavy atom. The molecule has 0 heterocycles. The highest BCUT2D eigenvalue weighted by molar-refractivity contribution is 5.95. The summed E-state index contributed by atoms with van der Waals surface area (Å²) in [4.78, 5) is 24.3. The molecule has 0 bridgehead atoms. The smallest absolute Gasteiger partial charge is 0.243 e. The average molecular weight is 418 g/mol. The van der Waals surface area contributed by atoms with Crippen molar-refractivity contribution in [2.75, 3.05) is 22.5 Å². The topological polar surface area (TPSA) is 79.5 Å². The molecule has 0 radical (unpaired) electrons. The quantitative estimate of drug-likeness (QED) is 0.425. The van der Waals surface area contributed by atoms with E-state index in [0.717, 1.165) is 29.1 Å². The minimum atomic E-state index is -0.184. The SMILES string of the molecule is CCCC(=O)Nc1cccc(NCC(=O)Nc2cccc(Oc3ccccc3)c2)c1C. The predicted octanol–water partition coefficient (Wildman–Crippen LogP) is 5.58. The number of nitrogens with one attached hydrogen (secondary N) is 3. The Morgan fingerprint density at radius 3 is 2.29 bits per heavy atom. The van der Waals surface area contributed by atoms with Gasteiger partial charge in [-0.3, -0.25) is 9.59 Å². The molecule has 0 aliphatic heterocycles. The molecule has 0 unspecified atom stereocenters. The second-order valence-corrected chi connectivity index (χ2v) is 7.12. The lowest BCUT2D eigenvalue weighted by Crippen LogP contribution is -2.22. The van der Waals surface area contributed by atoms with Crippen molar-refractivity contribution in [1.29, 1.82) is 0 Å². The molecule has 0 fully saturated rings. The van der Waals surface area contributed by atoms with Crippen molar-refractivity contribution in [1.82, 2.24) is 0 Å². The van der Waals surface area contributed by atoms with Crippen LogP contribution in [0, 0.1) is 6.92 Å².